The zero-order valence-electron chi connectivity index (χ0n) is 13.7. The van der Waals surface area contributed by atoms with E-state index in [1.807, 2.05) is 0 Å². The van der Waals surface area contributed by atoms with Crippen LogP contribution in [0.5, 0.6) is 0 Å². The highest BCUT2D eigenvalue weighted by Crippen LogP contribution is 2.36. The van der Waals surface area contributed by atoms with Gasteiger partial charge in [-0.25, -0.2) is 0 Å². The molecule has 0 unspecified atom stereocenters. The van der Waals surface area contributed by atoms with Gasteiger partial charge < -0.3 is 0 Å². The second-order valence-corrected chi connectivity index (χ2v) is 6.40. The highest BCUT2D eigenvalue weighted by Gasteiger charge is 2.09. The molecule has 0 saturated heterocycles. The van der Waals surface area contributed by atoms with Crippen molar-refractivity contribution in [3.8, 4) is 0 Å². The molecule has 0 aliphatic rings. The van der Waals surface area contributed by atoms with Crippen LogP contribution in [0.25, 0.3) is 32.3 Å². The molecule has 4 aromatic rings. The van der Waals surface area contributed by atoms with Crippen molar-refractivity contribution in [2.45, 2.75) is 32.6 Å². The molecule has 0 nitrogen and oxygen atoms in total. The van der Waals surface area contributed by atoms with Gasteiger partial charge >= 0.3 is 0 Å². The minimum Gasteiger partial charge on any atom is -0.0882 e. The van der Waals surface area contributed by atoms with E-state index >= 15 is 0 Å². The molecule has 23 heavy (non-hydrogen) atoms. The maximum absolute atomic E-state index is 2.34. The summed E-state index contributed by atoms with van der Waals surface area (Å²) in [5.41, 5.74) is 1.43. The van der Waals surface area contributed by atoms with Gasteiger partial charge in [0.25, 0.3) is 0 Å². The van der Waals surface area contributed by atoms with Gasteiger partial charge in [0.2, 0.25) is 0 Å². The maximum atomic E-state index is 2.34. The highest BCUT2D eigenvalue weighted by atomic mass is 14.1. The average Bonchev–Trinajstić information content (AvgIpc) is 2.60. The molecule has 0 aliphatic carbocycles. The third kappa shape index (κ3) is 2.49. The number of unbranched alkanes of at least 4 members (excludes halogenated alkanes) is 2. The van der Waals surface area contributed by atoms with Gasteiger partial charge in [0, 0.05) is 0 Å². The predicted molar refractivity (Wildman–Crippen MR) is 103 cm³/mol. The number of benzene rings is 4. The predicted octanol–water partition coefficient (Wildman–Crippen LogP) is 6.87. The fourth-order valence-electron chi connectivity index (χ4n) is 3.62. The minimum absolute atomic E-state index is 1.03. The first-order valence-corrected chi connectivity index (χ1v) is 8.69. The number of allylic oxidation sites excluding steroid dienone is 2. The first kappa shape index (κ1) is 14.3. The van der Waals surface area contributed by atoms with Gasteiger partial charge in [0.15, 0.2) is 0 Å². The van der Waals surface area contributed by atoms with Crippen LogP contribution in [0.3, 0.4) is 0 Å². The Morgan fingerprint density at radius 2 is 1.43 bits per heavy atom. The summed E-state index contributed by atoms with van der Waals surface area (Å²) in [6.45, 7) is 2.24. The summed E-state index contributed by atoms with van der Waals surface area (Å²) >= 11 is 0. The maximum Gasteiger partial charge on any atom is -0.00239 e. The van der Waals surface area contributed by atoms with E-state index in [0.717, 1.165) is 6.42 Å². The van der Waals surface area contributed by atoms with Crippen molar-refractivity contribution in [2.24, 2.45) is 0 Å². The van der Waals surface area contributed by atoms with Crippen LogP contribution in [-0.4, -0.2) is 0 Å². The van der Waals surface area contributed by atoms with Gasteiger partial charge in [-0.3, -0.25) is 0 Å². The average molecular weight is 298 g/mol. The fourth-order valence-corrected chi connectivity index (χ4v) is 3.62. The van der Waals surface area contributed by atoms with Gasteiger partial charge in [-0.15, -0.1) is 0 Å². The molecule has 0 N–H and O–H groups in total. The second kappa shape index (κ2) is 6.04. The zero-order chi connectivity index (χ0) is 15.6. The second-order valence-electron chi connectivity index (χ2n) is 6.40. The van der Waals surface area contributed by atoms with Crippen molar-refractivity contribution < 1.29 is 0 Å². The molecule has 114 valence electrons. The van der Waals surface area contributed by atoms with E-state index in [-0.39, 0.29) is 0 Å². The van der Waals surface area contributed by atoms with E-state index in [2.05, 4.69) is 73.7 Å². The van der Waals surface area contributed by atoms with Crippen LogP contribution < -0.4 is 0 Å². The van der Waals surface area contributed by atoms with Gasteiger partial charge in [-0.1, -0.05) is 86.5 Å². The van der Waals surface area contributed by atoms with Crippen LogP contribution in [0.4, 0.5) is 0 Å². The molecule has 0 radical (unpaired) electrons. The van der Waals surface area contributed by atoms with Crippen molar-refractivity contribution in [1.29, 1.82) is 0 Å². The Balaban J connectivity index is 1.85. The summed E-state index contributed by atoms with van der Waals surface area (Å²) in [6, 6.07) is 20.2. The molecule has 0 spiro atoms. The lowest BCUT2D eigenvalue weighted by molar-refractivity contribution is 0.813. The van der Waals surface area contributed by atoms with Gasteiger partial charge in [0.05, 0.1) is 0 Å². The van der Waals surface area contributed by atoms with Crippen LogP contribution in [0.1, 0.15) is 31.7 Å². The van der Waals surface area contributed by atoms with Crippen molar-refractivity contribution >= 4 is 32.3 Å². The zero-order valence-corrected chi connectivity index (χ0v) is 13.7. The van der Waals surface area contributed by atoms with Crippen molar-refractivity contribution in [3.05, 3.63) is 72.3 Å². The minimum atomic E-state index is 1.03. The van der Waals surface area contributed by atoms with E-state index in [1.165, 1.54) is 57.1 Å². The number of hydrogen-bond donors (Lipinski definition) is 0. The highest BCUT2D eigenvalue weighted by molar-refractivity contribution is 6.23. The number of rotatable bonds is 5. The standard InChI is InChI=1S/C23H22/c1-2-3-4-5-6-8-17-11-12-20-14-13-18-9-7-10-19-15-16-21(17)23(20)22(18)19/h5-7,9-16H,2-4,8H2,1H3. The monoisotopic (exact) mass is 298 g/mol. The van der Waals surface area contributed by atoms with Crippen LogP contribution in [0.2, 0.25) is 0 Å². The Bertz CT molecular complexity index is 959. The Hall–Kier alpha value is -2.34. The number of hydrogen-bond acceptors (Lipinski definition) is 0. The molecule has 0 aliphatic heterocycles. The molecule has 0 bridgehead atoms. The van der Waals surface area contributed by atoms with E-state index in [1.54, 1.807) is 0 Å². The van der Waals surface area contributed by atoms with Crippen LogP contribution >= 0.6 is 0 Å². The molecular weight excluding hydrogens is 276 g/mol. The Labute approximate surface area is 137 Å². The summed E-state index contributed by atoms with van der Waals surface area (Å²) in [6.07, 6.45) is 9.45. The lowest BCUT2D eigenvalue weighted by Gasteiger charge is -2.13. The smallest absolute Gasteiger partial charge is 0.00239 e. The molecule has 0 atom stereocenters. The van der Waals surface area contributed by atoms with E-state index in [9.17, 15) is 0 Å². The van der Waals surface area contributed by atoms with Crippen molar-refractivity contribution in [2.75, 3.05) is 0 Å². The Kier molecular flexibility index (Phi) is 3.75. The Morgan fingerprint density at radius 3 is 2.22 bits per heavy atom. The summed E-state index contributed by atoms with van der Waals surface area (Å²) in [5, 5.41) is 8.29. The van der Waals surface area contributed by atoms with Gasteiger partial charge in [-0.2, -0.15) is 0 Å². The van der Waals surface area contributed by atoms with Crippen LogP contribution in [0.15, 0.2) is 66.7 Å². The lowest BCUT2D eigenvalue weighted by Crippen LogP contribution is -1.89. The molecule has 0 heterocycles. The molecule has 0 heteroatoms. The largest absolute Gasteiger partial charge is 0.0882 e. The fraction of sp³-hybridized carbons (Fsp3) is 0.217. The SMILES string of the molecule is CCCCC=CCc1ccc2ccc3cccc4ccc1c2c34. The third-order valence-corrected chi connectivity index (χ3v) is 4.85. The summed E-state index contributed by atoms with van der Waals surface area (Å²) in [4.78, 5) is 0. The summed E-state index contributed by atoms with van der Waals surface area (Å²) < 4.78 is 0. The topological polar surface area (TPSA) is 0 Å². The normalized spacial score (nSPS) is 12.2. The van der Waals surface area contributed by atoms with Crippen LogP contribution in [-0.2, 0) is 6.42 Å². The van der Waals surface area contributed by atoms with Gasteiger partial charge in [0.1, 0.15) is 0 Å². The first-order chi connectivity index (χ1) is 11.4. The molecule has 0 saturated carbocycles. The summed E-state index contributed by atoms with van der Waals surface area (Å²) in [5.74, 6) is 0. The van der Waals surface area contributed by atoms with E-state index in [4.69, 9.17) is 0 Å². The van der Waals surface area contributed by atoms with Crippen molar-refractivity contribution in [3.63, 3.8) is 0 Å². The molecule has 0 amide bonds. The third-order valence-electron chi connectivity index (χ3n) is 4.85. The molecule has 0 aromatic heterocycles. The van der Waals surface area contributed by atoms with Crippen molar-refractivity contribution in [1.82, 2.24) is 0 Å². The summed E-state index contributed by atoms with van der Waals surface area (Å²) in [7, 11) is 0. The molecule has 4 rings (SSSR count). The Morgan fingerprint density at radius 1 is 0.739 bits per heavy atom. The lowest BCUT2D eigenvalue weighted by atomic mass is 9.91. The quantitative estimate of drug-likeness (QED) is 0.214. The molecule has 0 fully saturated rings. The van der Waals surface area contributed by atoms with E-state index < -0.39 is 0 Å². The molecule has 4 aromatic carbocycles. The van der Waals surface area contributed by atoms with Gasteiger partial charge in [-0.05, 0) is 50.7 Å². The molecular formula is C23H22. The first-order valence-electron chi connectivity index (χ1n) is 8.69. The van der Waals surface area contributed by atoms with Crippen LogP contribution in [0, 0.1) is 0 Å². The van der Waals surface area contributed by atoms with E-state index in [0.29, 0.717) is 0 Å².